The SMILES string of the molecule is CC(C)CCNS(=O)(=O)c1ccccc1N. The van der Waals surface area contributed by atoms with Crippen LogP contribution in [0.5, 0.6) is 0 Å². The standard InChI is InChI=1S/C11H18N2O2S/c1-9(2)7-8-13-16(14,15)11-6-4-3-5-10(11)12/h3-6,9,13H,7-8,12H2,1-2H3. The van der Waals surface area contributed by atoms with Gasteiger partial charge in [-0.3, -0.25) is 0 Å². The van der Waals surface area contributed by atoms with E-state index in [4.69, 9.17) is 5.73 Å². The van der Waals surface area contributed by atoms with E-state index in [1.165, 1.54) is 6.07 Å². The Morgan fingerprint density at radius 2 is 1.94 bits per heavy atom. The van der Waals surface area contributed by atoms with Gasteiger partial charge in [0.15, 0.2) is 0 Å². The van der Waals surface area contributed by atoms with Gasteiger partial charge in [-0.1, -0.05) is 26.0 Å². The number of hydrogen-bond acceptors (Lipinski definition) is 3. The van der Waals surface area contributed by atoms with Gasteiger partial charge in [0.05, 0.1) is 5.69 Å². The van der Waals surface area contributed by atoms with Crippen LogP contribution in [-0.4, -0.2) is 15.0 Å². The second-order valence-electron chi connectivity index (χ2n) is 4.12. The number of nitrogen functional groups attached to an aromatic ring is 1. The topological polar surface area (TPSA) is 72.2 Å². The zero-order chi connectivity index (χ0) is 12.2. The zero-order valence-electron chi connectivity index (χ0n) is 9.60. The van der Waals surface area contributed by atoms with E-state index in [2.05, 4.69) is 4.72 Å². The highest BCUT2D eigenvalue weighted by atomic mass is 32.2. The van der Waals surface area contributed by atoms with Gasteiger partial charge in [0.1, 0.15) is 4.90 Å². The molecular formula is C11H18N2O2S. The maximum absolute atomic E-state index is 11.8. The smallest absolute Gasteiger partial charge is 0.242 e. The fourth-order valence-electron chi connectivity index (χ4n) is 1.28. The third-order valence-corrected chi connectivity index (χ3v) is 3.76. The molecule has 0 aliphatic heterocycles. The number of nitrogens with one attached hydrogen (secondary N) is 1. The van der Waals surface area contributed by atoms with Crippen molar-refractivity contribution < 1.29 is 8.42 Å². The summed E-state index contributed by atoms with van der Waals surface area (Å²) >= 11 is 0. The minimum absolute atomic E-state index is 0.152. The van der Waals surface area contributed by atoms with Gasteiger partial charge in [0, 0.05) is 6.54 Å². The summed E-state index contributed by atoms with van der Waals surface area (Å²) in [6.07, 6.45) is 0.811. The predicted molar refractivity (Wildman–Crippen MR) is 65.5 cm³/mol. The van der Waals surface area contributed by atoms with Gasteiger partial charge in [0.25, 0.3) is 0 Å². The summed E-state index contributed by atoms with van der Waals surface area (Å²) in [5, 5.41) is 0. The van der Waals surface area contributed by atoms with Crippen molar-refractivity contribution in [2.24, 2.45) is 5.92 Å². The molecule has 4 nitrogen and oxygen atoms in total. The molecule has 0 radical (unpaired) electrons. The maximum Gasteiger partial charge on any atom is 0.242 e. The van der Waals surface area contributed by atoms with E-state index in [-0.39, 0.29) is 10.6 Å². The van der Waals surface area contributed by atoms with E-state index in [0.717, 1.165) is 6.42 Å². The Hall–Kier alpha value is -1.07. The van der Waals surface area contributed by atoms with E-state index in [1.54, 1.807) is 18.2 Å². The zero-order valence-corrected chi connectivity index (χ0v) is 10.4. The number of sulfonamides is 1. The van der Waals surface area contributed by atoms with Crippen LogP contribution in [0.25, 0.3) is 0 Å². The molecule has 0 unspecified atom stereocenters. The molecule has 3 N–H and O–H groups in total. The van der Waals surface area contributed by atoms with Crippen LogP contribution in [-0.2, 0) is 10.0 Å². The van der Waals surface area contributed by atoms with Crippen molar-refractivity contribution >= 4 is 15.7 Å². The highest BCUT2D eigenvalue weighted by molar-refractivity contribution is 7.89. The lowest BCUT2D eigenvalue weighted by atomic mass is 10.1. The Morgan fingerprint density at radius 3 is 2.50 bits per heavy atom. The first kappa shape index (κ1) is 13.0. The summed E-state index contributed by atoms with van der Waals surface area (Å²) in [6, 6.07) is 6.46. The van der Waals surface area contributed by atoms with E-state index in [0.29, 0.717) is 12.5 Å². The summed E-state index contributed by atoms with van der Waals surface area (Å²) in [5.41, 5.74) is 5.90. The van der Waals surface area contributed by atoms with Crippen molar-refractivity contribution in [3.05, 3.63) is 24.3 Å². The van der Waals surface area contributed by atoms with Crippen molar-refractivity contribution in [3.63, 3.8) is 0 Å². The quantitative estimate of drug-likeness (QED) is 0.770. The molecule has 1 aromatic rings. The molecule has 1 rings (SSSR count). The Morgan fingerprint density at radius 1 is 1.31 bits per heavy atom. The maximum atomic E-state index is 11.8. The van der Waals surface area contributed by atoms with Gasteiger partial charge in [-0.05, 0) is 24.5 Å². The average molecular weight is 242 g/mol. The van der Waals surface area contributed by atoms with Crippen LogP contribution in [0.15, 0.2) is 29.2 Å². The molecule has 0 atom stereocenters. The average Bonchev–Trinajstić information content (AvgIpc) is 2.17. The summed E-state index contributed by atoms with van der Waals surface area (Å²) in [4.78, 5) is 0.152. The largest absolute Gasteiger partial charge is 0.398 e. The lowest BCUT2D eigenvalue weighted by Gasteiger charge is -2.09. The number of nitrogens with two attached hydrogens (primary N) is 1. The molecule has 0 saturated carbocycles. The number of benzene rings is 1. The van der Waals surface area contributed by atoms with E-state index in [1.807, 2.05) is 13.8 Å². The molecule has 5 heteroatoms. The number of para-hydroxylation sites is 1. The predicted octanol–water partition coefficient (Wildman–Crippen LogP) is 1.59. The van der Waals surface area contributed by atoms with Gasteiger partial charge >= 0.3 is 0 Å². The Labute approximate surface area is 96.9 Å². The molecule has 90 valence electrons. The van der Waals surface area contributed by atoms with Crippen LogP contribution in [0.1, 0.15) is 20.3 Å². The van der Waals surface area contributed by atoms with Crippen LogP contribution >= 0.6 is 0 Å². The van der Waals surface area contributed by atoms with Gasteiger partial charge in [0.2, 0.25) is 10.0 Å². The molecule has 0 aromatic heterocycles. The van der Waals surface area contributed by atoms with Gasteiger partial charge < -0.3 is 5.73 Å². The van der Waals surface area contributed by atoms with Gasteiger partial charge in [-0.2, -0.15) is 0 Å². The van der Waals surface area contributed by atoms with E-state index < -0.39 is 10.0 Å². The lowest BCUT2D eigenvalue weighted by Crippen LogP contribution is -2.26. The van der Waals surface area contributed by atoms with Gasteiger partial charge in [-0.15, -0.1) is 0 Å². The molecular weight excluding hydrogens is 224 g/mol. The monoisotopic (exact) mass is 242 g/mol. The molecule has 16 heavy (non-hydrogen) atoms. The molecule has 0 aliphatic rings. The summed E-state index contributed by atoms with van der Waals surface area (Å²) < 4.78 is 26.2. The van der Waals surface area contributed by atoms with Crippen molar-refractivity contribution in [1.82, 2.24) is 4.72 Å². The minimum atomic E-state index is -3.46. The van der Waals surface area contributed by atoms with Crippen molar-refractivity contribution in [3.8, 4) is 0 Å². The van der Waals surface area contributed by atoms with E-state index >= 15 is 0 Å². The highest BCUT2D eigenvalue weighted by Gasteiger charge is 2.15. The van der Waals surface area contributed by atoms with Crippen LogP contribution in [0, 0.1) is 5.92 Å². The third kappa shape index (κ3) is 3.50. The molecule has 1 aromatic carbocycles. The molecule has 0 bridgehead atoms. The Kier molecular flexibility index (Phi) is 4.32. The summed E-state index contributed by atoms with van der Waals surface area (Å²) in [6.45, 7) is 4.53. The van der Waals surface area contributed by atoms with Crippen molar-refractivity contribution in [2.75, 3.05) is 12.3 Å². The van der Waals surface area contributed by atoms with Crippen LogP contribution < -0.4 is 10.5 Å². The van der Waals surface area contributed by atoms with Gasteiger partial charge in [-0.25, -0.2) is 13.1 Å². The summed E-state index contributed by atoms with van der Waals surface area (Å²) in [7, 11) is -3.46. The second kappa shape index (κ2) is 5.32. The Bertz CT molecular complexity index is 441. The van der Waals surface area contributed by atoms with E-state index in [9.17, 15) is 8.42 Å². The summed E-state index contributed by atoms with van der Waals surface area (Å²) in [5.74, 6) is 0.468. The molecule has 0 fully saturated rings. The normalized spacial score (nSPS) is 11.9. The third-order valence-electron chi connectivity index (χ3n) is 2.22. The van der Waals surface area contributed by atoms with Crippen molar-refractivity contribution in [1.29, 1.82) is 0 Å². The molecule has 0 spiro atoms. The fraction of sp³-hybridized carbons (Fsp3) is 0.455. The fourth-order valence-corrected chi connectivity index (χ4v) is 2.46. The first-order chi connectivity index (χ1) is 7.43. The molecule has 0 amide bonds. The van der Waals surface area contributed by atoms with Crippen LogP contribution in [0.3, 0.4) is 0 Å². The lowest BCUT2D eigenvalue weighted by molar-refractivity contribution is 0.552. The molecule has 0 aliphatic carbocycles. The first-order valence-electron chi connectivity index (χ1n) is 5.27. The number of rotatable bonds is 5. The number of anilines is 1. The molecule has 0 saturated heterocycles. The van der Waals surface area contributed by atoms with Crippen LogP contribution in [0.2, 0.25) is 0 Å². The number of hydrogen-bond donors (Lipinski definition) is 2. The highest BCUT2D eigenvalue weighted by Crippen LogP contribution is 2.16. The van der Waals surface area contributed by atoms with Crippen LogP contribution in [0.4, 0.5) is 5.69 Å². The Balaban J connectivity index is 2.75. The molecule has 0 heterocycles. The van der Waals surface area contributed by atoms with Crippen molar-refractivity contribution in [2.45, 2.75) is 25.2 Å². The second-order valence-corrected chi connectivity index (χ2v) is 5.85. The first-order valence-corrected chi connectivity index (χ1v) is 6.76. The minimum Gasteiger partial charge on any atom is -0.398 e.